The topological polar surface area (TPSA) is 54.5 Å². The van der Waals surface area contributed by atoms with Gasteiger partial charge in [-0.05, 0) is 46.8 Å². The Hall–Kier alpha value is -1.62. The van der Waals surface area contributed by atoms with Crippen molar-refractivity contribution in [2.24, 2.45) is 5.92 Å². The highest BCUT2D eigenvalue weighted by Gasteiger charge is 2.42. The average molecular weight is 335 g/mol. The number of sulfone groups is 1. The van der Waals surface area contributed by atoms with E-state index in [1.54, 1.807) is 35.2 Å². The van der Waals surface area contributed by atoms with Crippen molar-refractivity contribution in [1.82, 2.24) is 4.90 Å². The number of hydrogen-bond acceptors (Lipinski definition) is 3. The zero-order valence-corrected chi connectivity index (χ0v) is 15.3. The van der Waals surface area contributed by atoms with Gasteiger partial charge in [-0.25, -0.2) is 8.42 Å². The predicted molar refractivity (Wildman–Crippen MR) is 91.8 cm³/mol. The zero-order chi connectivity index (χ0) is 17.4. The molecule has 1 aromatic rings. The largest absolute Gasteiger partial charge is 0.333 e. The minimum atomic E-state index is -3.42. The molecule has 126 valence electrons. The third-order valence-electron chi connectivity index (χ3n) is 4.16. The van der Waals surface area contributed by atoms with Gasteiger partial charge in [0.25, 0.3) is 5.91 Å². The number of carbonyl (C=O) groups is 1. The van der Waals surface area contributed by atoms with Gasteiger partial charge in [0.15, 0.2) is 9.84 Å². The molecule has 1 aliphatic heterocycles. The molecule has 0 spiro atoms. The summed E-state index contributed by atoms with van der Waals surface area (Å²) in [6.07, 6.45) is 0. The van der Waals surface area contributed by atoms with Crippen molar-refractivity contribution < 1.29 is 13.2 Å². The maximum Gasteiger partial charge on any atom is 0.250 e. The molecule has 0 bridgehead atoms. The van der Waals surface area contributed by atoms with Crippen molar-refractivity contribution in [3.8, 4) is 0 Å². The molecule has 1 saturated heterocycles. The van der Waals surface area contributed by atoms with Gasteiger partial charge in [0.1, 0.15) is 0 Å². The highest BCUT2D eigenvalue weighted by molar-refractivity contribution is 7.91. The van der Waals surface area contributed by atoms with Gasteiger partial charge in [0.05, 0.1) is 10.6 Å². The van der Waals surface area contributed by atoms with E-state index in [0.717, 1.165) is 5.57 Å². The molecule has 0 N–H and O–H groups in total. The lowest BCUT2D eigenvalue weighted by Crippen LogP contribution is -2.42. The predicted octanol–water partition coefficient (Wildman–Crippen LogP) is 3.05. The van der Waals surface area contributed by atoms with E-state index in [1.165, 1.54) is 0 Å². The van der Waals surface area contributed by atoms with Gasteiger partial charge in [0.2, 0.25) is 0 Å². The first-order valence-electron chi connectivity index (χ1n) is 7.81. The van der Waals surface area contributed by atoms with Gasteiger partial charge in [-0.3, -0.25) is 4.79 Å². The van der Waals surface area contributed by atoms with E-state index in [0.29, 0.717) is 17.0 Å². The van der Waals surface area contributed by atoms with E-state index in [2.05, 4.69) is 0 Å². The van der Waals surface area contributed by atoms with Crippen LogP contribution in [0.5, 0.6) is 0 Å². The first-order valence-corrected chi connectivity index (χ1v) is 9.46. The van der Waals surface area contributed by atoms with Crippen molar-refractivity contribution in [2.75, 3.05) is 12.3 Å². The summed E-state index contributed by atoms with van der Waals surface area (Å²) < 4.78 is 25.3. The standard InChI is InChI=1S/C18H25NO3S/c1-13(2)16-14(11-19(17(16)20)18(3,4)5)12-23(21,22)15-9-7-6-8-10-15/h6-10,14H,11-12H2,1-5H3. The molecule has 0 radical (unpaired) electrons. The molecular formula is C18H25NO3S. The van der Waals surface area contributed by atoms with Crippen LogP contribution in [0.4, 0.5) is 0 Å². The summed E-state index contributed by atoms with van der Waals surface area (Å²) in [4.78, 5) is 14.8. The van der Waals surface area contributed by atoms with E-state index in [9.17, 15) is 13.2 Å². The Labute approximate surface area is 139 Å². The minimum Gasteiger partial charge on any atom is -0.333 e. The fourth-order valence-corrected chi connectivity index (χ4v) is 4.61. The highest BCUT2D eigenvalue weighted by atomic mass is 32.2. The van der Waals surface area contributed by atoms with Crippen molar-refractivity contribution in [2.45, 2.75) is 45.1 Å². The monoisotopic (exact) mass is 335 g/mol. The van der Waals surface area contributed by atoms with Gasteiger partial charge >= 0.3 is 0 Å². The number of likely N-dealkylation sites (tertiary alicyclic amines) is 1. The number of amides is 1. The van der Waals surface area contributed by atoms with E-state index < -0.39 is 9.84 Å². The summed E-state index contributed by atoms with van der Waals surface area (Å²) in [6, 6.07) is 8.44. The average Bonchev–Trinajstić information content (AvgIpc) is 2.75. The normalized spacial score (nSPS) is 19.3. The van der Waals surface area contributed by atoms with Crippen molar-refractivity contribution in [1.29, 1.82) is 0 Å². The molecule has 1 aromatic carbocycles. The third kappa shape index (κ3) is 3.66. The zero-order valence-electron chi connectivity index (χ0n) is 14.5. The number of rotatable bonds is 3. The maximum absolute atomic E-state index is 12.7. The minimum absolute atomic E-state index is 0.0319. The summed E-state index contributed by atoms with van der Waals surface area (Å²) in [6.45, 7) is 10.1. The summed E-state index contributed by atoms with van der Waals surface area (Å²) in [5, 5.41) is 0. The van der Waals surface area contributed by atoms with Crippen LogP contribution in [0.2, 0.25) is 0 Å². The molecule has 1 fully saturated rings. The molecule has 23 heavy (non-hydrogen) atoms. The fourth-order valence-electron chi connectivity index (χ4n) is 3.04. The van der Waals surface area contributed by atoms with Crippen molar-refractivity contribution >= 4 is 15.7 Å². The van der Waals surface area contributed by atoms with Crippen LogP contribution in [0.25, 0.3) is 0 Å². The van der Waals surface area contributed by atoms with Gasteiger partial charge in [0, 0.05) is 23.6 Å². The molecule has 1 unspecified atom stereocenters. The van der Waals surface area contributed by atoms with Gasteiger partial charge in [-0.2, -0.15) is 0 Å². The van der Waals surface area contributed by atoms with Gasteiger partial charge in [-0.15, -0.1) is 0 Å². The van der Waals surface area contributed by atoms with Crippen LogP contribution in [0.15, 0.2) is 46.4 Å². The summed E-state index contributed by atoms with van der Waals surface area (Å²) in [5.41, 5.74) is 1.23. The number of nitrogens with zero attached hydrogens (tertiary/aromatic N) is 1. The van der Waals surface area contributed by atoms with Crippen LogP contribution in [0.3, 0.4) is 0 Å². The van der Waals surface area contributed by atoms with Crippen LogP contribution in [0, 0.1) is 5.92 Å². The number of benzene rings is 1. The Bertz CT molecular complexity index is 723. The third-order valence-corrected chi connectivity index (χ3v) is 5.99. The second kappa shape index (κ2) is 6.11. The Morgan fingerprint density at radius 1 is 1.17 bits per heavy atom. The SMILES string of the molecule is CC(C)=C1C(=O)N(C(C)(C)C)CC1CS(=O)(=O)c1ccccc1. The van der Waals surface area contributed by atoms with Gasteiger partial charge in [-0.1, -0.05) is 23.8 Å². The first kappa shape index (κ1) is 17.7. The highest BCUT2D eigenvalue weighted by Crippen LogP contribution is 2.33. The molecule has 2 rings (SSSR count). The number of carbonyl (C=O) groups excluding carboxylic acids is 1. The van der Waals surface area contributed by atoms with Crippen LogP contribution in [-0.4, -0.2) is 37.1 Å². The molecule has 0 aromatic heterocycles. The van der Waals surface area contributed by atoms with E-state index in [1.807, 2.05) is 34.6 Å². The summed E-state index contributed by atoms with van der Waals surface area (Å²) >= 11 is 0. The Kier molecular flexibility index (Phi) is 4.71. The smallest absolute Gasteiger partial charge is 0.250 e. The molecule has 1 atom stereocenters. The molecule has 1 aliphatic rings. The van der Waals surface area contributed by atoms with Crippen LogP contribution in [-0.2, 0) is 14.6 Å². The number of allylic oxidation sites excluding steroid dienone is 1. The second-order valence-electron chi connectivity index (χ2n) is 7.29. The van der Waals surface area contributed by atoms with E-state index in [4.69, 9.17) is 0 Å². The maximum atomic E-state index is 12.7. The molecule has 4 nitrogen and oxygen atoms in total. The molecular weight excluding hydrogens is 310 g/mol. The lowest BCUT2D eigenvalue weighted by Gasteiger charge is -2.31. The van der Waals surface area contributed by atoms with Crippen LogP contribution in [0.1, 0.15) is 34.6 Å². The van der Waals surface area contributed by atoms with Crippen LogP contribution >= 0.6 is 0 Å². The lowest BCUT2D eigenvalue weighted by atomic mass is 10.0. The van der Waals surface area contributed by atoms with Crippen molar-refractivity contribution in [3.63, 3.8) is 0 Å². The van der Waals surface area contributed by atoms with E-state index in [-0.39, 0.29) is 23.1 Å². The Morgan fingerprint density at radius 2 is 1.74 bits per heavy atom. The summed E-state index contributed by atoms with van der Waals surface area (Å²) in [7, 11) is -3.42. The first-order chi connectivity index (χ1) is 10.5. The summed E-state index contributed by atoms with van der Waals surface area (Å²) in [5.74, 6) is -0.349. The van der Waals surface area contributed by atoms with E-state index >= 15 is 0 Å². The van der Waals surface area contributed by atoms with Crippen molar-refractivity contribution in [3.05, 3.63) is 41.5 Å². The Morgan fingerprint density at radius 3 is 2.22 bits per heavy atom. The molecule has 0 aliphatic carbocycles. The quantitative estimate of drug-likeness (QED) is 0.798. The second-order valence-corrected chi connectivity index (χ2v) is 9.33. The number of hydrogen-bond donors (Lipinski definition) is 0. The Balaban J connectivity index is 2.36. The fraction of sp³-hybridized carbons (Fsp3) is 0.500. The molecule has 1 heterocycles. The lowest BCUT2D eigenvalue weighted by molar-refractivity contribution is -0.128. The molecule has 0 saturated carbocycles. The van der Waals surface area contributed by atoms with Gasteiger partial charge < -0.3 is 4.90 Å². The molecule has 5 heteroatoms. The molecule has 1 amide bonds. The van der Waals surface area contributed by atoms with Crippen LogP contribution < -0.4 is 0 Å².